The number of halogens is 1. The average molecular weight is 371 g/mol. The van der Waals surface area contributed by atoms with Gasteiger partial charge in [-0.05, 0) is 42.5 Å². The highest BCUT2D eigenvalue weighted by Gasteiger charge is 2.27. The van der Waals surface area contributed by atoms with E-state index in [0.29, 0.717) is 5.75 Å². The third-order valence-corrected chi connectivity index (χ3v) is 4.92. The number of benzene rings is 2. The van der Waals surface area contributed by atoms with Gasteiger partial charge >= 0.3 is 5.97 Å². The van der Waals surface area contributed by atoms with E-state index in [1.165, 1.54) is 24.8 Å². The monoisotopic (exact) mass is 371 g/mol. The first kappa shape index (κ1) is 18.9. The summed E-state index contributed by atoms with van der Waals surface area (Å²) in [6.45, 7) is -0.431. The van der Waals surface area contributed by atoms with Crippen LogP contribution in [0.2, 0.25) is 0 Å². The van der Waals surface area contributed by atoms with Crippen molar-refractivity contribution in [2.75, 3.05) is 20.8 Å². The summed E-state index contributed by atoms with van der Waals surface area (Å²) in [5.74, 6) is -1.64. The van der Waals surface area contributed by atoms with Gasteiger partial charge in [-0.2, -0.15) is 0 Å². The summed E-state index contributed by atoms with van der Waals surface area (Å²) in [6.07, 6.45) is 2.86. The number of ether oxygens (including phenoxy) is 2. The standard InChI is InChI=1S/C21H22FNO4/c1-23(19-9-5-7-14-6-3-4-8-16(14)19)20(24)13-27-21(25)17-11-10-15(26-2)12-18(17)22/h3-4,6,8,10-12,19H,5,7,9,13H2,1-2H3/t19-/m1/s1. The van der Waals surface area contributed by atoms with E-state index in [1.807, 2.05) is 18.2 Å². The summed E-state index contributed by atoms with van der Waals surface area (Å²) in [7, 11) is 3.11. The van der Waals surface area contributed by atoms with Crippen molar-refractivity contribution in [3.8, 4) is 5.75 Å². The van der Waals surface area contributed by atoms with Gasteiger partial charge in [0.05, 0.1) is 18.7 Å². The molecule has 0 saturated carbocycles. The van der Waals surface area contributed by atoms with Crippen molar-refractivity contribution in [1.82, 2.24) is 4.90 Å². The zero-order chi connectivity index (χ0) is 19.4. The number of esters is 1. The molecule has 1 amide bonds. The largest absolute Gasteiger partial charge is 0.497 e. The molecule has 6 heteroatoms. The van der Waals surface area contributed by atoms with Gasteiger partial charge in [-0.3, -0.25) is 4.79 Å². The first-order chi connectivity index (χ1) is 13.0. The Bertz CT molecular complexity index is 852. The minimum absolute atomic E-state index is 0.0427. The number of carbonyl (C=O) groups excluding carboxylic acids is 2. The number of hydrogen-bond acceptors (Lipinski definition) is 4. The minimum atomic E-state index is -0.874. The first-order valence-electron chi connectivity index (χ1n) is 8.85. The maximum absolute atomic E-state index is 14.0. The van der Waals surface area contributed by atoms with E-state index in [2.05, 4.69) is 6.07 Å². The average Bonchev–Trinajstić information content (AvgIpc) is 2.70. The third-order valence-electron chi connectivity index (χ3n) is 4.92. The molecule has 0 heterocycles. The summed E-state index contributed by atoms with van der Waals surface area (Å²) < 4.78 is 23.9. The summed E-state index contributed by atoms with van der Waals surface area (Å²) >= 11 is 0. The van der Waals surface area contributed by atoms with Crippen molar-refractivity contribution in [2.24, 2.45) is 0 Å². The summed E-state index contributed by atoms with van der Waals surface area (Å²) in [4.78, 5) is 26.2. The van der Waals surface area contributed by atoms with E-state index in [1.54, 1.807) is 11.9 Å². The number of methoxy groups -OCH3 is 1. The van der Waals surface area contributed by atoms with Crippen LogP contribution in [-0.4, -0.2) is 37.5 Å². The zero-order valence-electron chi connectivity index (χ0n) is 15.4. The van der Waals surface area contributed by atoms with Crippen LogP contribution in [0.1, 0.15) is 40.4 Å². The van der Waals surface area contributed by atoms with E-state index in [-0.39, 0.29) is 17.5 Å². The van der Waals surface area contributed by atoms with Gasteiger partial charge in [0, 0.05) is 13.1 Å². The SMILES string of the molecule is COc1ccc(C(=O)OCC(=O)N(C)[C@@H]2CCCc3ccccc32)c(F)c1. The van der Waals surface area contributed by atoms with E-state index < -0.39 is 18.4 Å². The van der Waals surface area contributed by atoms with Crippen LogP contribution in [0.5, 0.6) is 5.75 Å². The van der Waals surface area contributed by atoms with Gasteiger partial charge in [-0.15, -0.1) is 0 Å². The number of amides is 1. The number of aryl methyl sites for hydroxylation is 1. The lowest BCUT2D eigenvalue weighted by molar-refractivity contribution is -0.135. The molecule has 1 atom stereocenters. The molecule has 3 rings (SSSR count). The van der Waals surface area contributed by atoms with Crippen molar-refractivity contribution in [1.29, 1.82) is 0 Å². The molecule has 0 N–H and O–H groups in total. The molecule has 0 spiro atoms. The van der Waals surface area contributed by atoms with Crippen molar-refractivity contribution >= 4 is 11.9 Å². The molecule has 0 unspecified atom stereocenters. The second-order valence-corrected chi connectivity index (χ2v) is 6.53. The molecular weight excluding hydrogens is 349 g/mol. The molecule has 0 saturated heterocycles. The second-order valence-electron chi connectivity index (χ2n) is 6.53. The first-order valence-corrected chi connectivity index (χ1v) is 8.85. The van der Waals surface area contributed by atoms with E-state index in [4.69, 9.17) is 9.47 Å². The van der Waals surface area contributed by atoms with Crippen LogP contribution in [0.25, 0.3) is 0 Å². The Balaban J connectivity index is 1.63. The highest BCUT2D eigenvalue weighted by Crippen LogP contribution is 2.33. The van der Waals surface area contributed by atoms with E-state index >= 15 is 0 Å². The van der Waals surface area contributed by atoms with Crippen LogP contribution in [-0.2, 0) is 16.0 Å². The van der Waals surface area contributed by atoms with Crippen LogP contribution in [0.15, 0.2) is 42.5 Å². The van der Waals surface area contributed by atoms with Crippen molar-refractivity contribution in [3.63, 3.8) is 0 Å². The van der Waals surface area contributed by atoms with Gasteiger partial charge < -0.3 is 14.4 Å². The summed E-state index contributed by atoms with van der Waals surface area (Å²) in [5.41, 5.74) is 2.15. The van der Waals surface area contributed by atoms with E-state index in [0.717, 1.165) is 30.9 Å². The van der Waals surface area contributed by atoms with Gasteiger partial charge in [-0.25, -0.2) is 9.18 Å². The molecule has 1 aliphatic carbocycles. The fourth-order valence-electron chi connectivity index (χ4n) is 3.40. The molecule has 2 aromatic rings. The van der Waals surface area contributed by atoms with Crippen LogP contribution in [0, 0.1) is 5.82 Å². The molecular formula is C21H22FNO4. The predicted octanol–water partition coefficient (Wildman–Crippen LogP) is 3.53. The second kappa shape index (κ2) is 8.20. The number of hydrogen-bond donors (Lipinski definition) is 0. The smallest absolute Gasteiger partial charge is 0.341 e. The molecule has 27 heavy (non-hydrogen) atoms. The fraction of sp³-hybridized carbons (Fsp3) is 0.333. The van der Waals surface area contributed by atoms with Crippen LogP contribution in [0.3, 0.4) is 0 Å². The van der Waals surface area contributed by atoms with Crippen molar-refractivity contribution < 1.29 is 23.5 Å². The van der Waals surface area contributed by atoms with Gasteiger partial charge in [0.1, 0.15) is 11.6 Å². The topological polar surface area (TPSA) is 55.8 Å². The highest BCUT2D eigenvalue weighted by atomic mass is 19.1. The lowest BCUT2D eigenvalue weighted by Crippen LogP contribution is -2.36. The molecule has 0 radical (unpaired) electrons. The molecule has 0 aromatic heterocycles. The normalized spacial score (nSPS) is 15.6. The van der Waals surface area contributed by atoms with Crippen LogP contribution >= 0.6 is 0 Å². The Hall–Kier alpha value is -2.89. The zero-order valence-corrected chi connectivity index (χ0v) is 15.4. The minimum Gasteiger partial charge on any atom is -0.497 e. The number of likely N-dealkylation sites (N-methyl/N-ethyl adjacent to an activating group) is 1. The lowest BCUT2D eigenvalue weighted by Gasteiger charge is -2.33. The van der Waals surface area contributed by atoms with E-state index in [9.17, 15) is 14.0 Å². The molecule has 0 bridgehead atoms. The highest BCUT2D eigenvalue weighted by molar-refractivity contribution is 5.91. The van der Waals surface area contributed by atoms with Gasteiger partial charge in [0.25, 0.3) is 5.91 Å². The molecule has 0 fully saturated rings. The molecule has 2 aromatic carbocycles. The molecule has 5 nitrogen and oxygen atoms in total. The molecule has 142 valence electrons. The Labute approximate surface area is 157 Å². The number of carbonyl (C=O) groups is 2. The maximum atomic E-state index is 14.0. The molecule has 0 aliphatic heterocycles. The summed E-state index contributed by atoms with van der Waals surface area (Å²) in [6, 6.07) is 11.9. The maximum Gasteiger partial charge on any atom is 0.341 e. The Kier molecular flexibility index (Phi) is 5.74. The fourth-order valence-corrected chi connectivity index (χ4v) is 3.40. The summed E-state index contributed by atoms with van der Waals surface area (Å²) in [5, 5.41) is 0. The van der Waals surface area contributed by atoms with Crippen LogP contribution < -0.4 is 4.74 Å². The third kappa shape index (κ3) is 4.10. The van der Waals surface area contributed by atoms with Crippen molar-refractivity contribution in [2.45, 2.75) is 25.3 Å². The van der Waals surface area contributed by atoms with Crippen molar-refractivity contribution in [3.05, 3.63) is 65.0 Å². The Morgan fingerprint density at radius 2 is 2.00 bits per heavy atom. The predicted molar refractivity (Wildman–Crippen MR) is 98.1 cm³/mol. The lowest BCUT2D eigenvalue weighted by atomic mass is 9.87. The van der Waals surface area contributed by atoms with Gasteiger partial charge in [0.15, 0.2) is 6.61 Å². The number of rotatable bonds is 5. The molecule has 1 aliphatic rings. The quantitative estimate of drug-likeness (QED) is 0.755. The van der Waals surface area contributed by atoms with Crippen LogP contribution in [0.4, 0.5) is 4.39 Å². The number of nitrogens with zero attached hydrogens (tertiary/aromatic N) is 1. The Morgan fingerprint density at radius 3 is 2.74 bits per heavy atom. The Morgan fingerprint density at radius 1 is 1.22 bits per heavy atom. The van der Waals surface area contributed by atoms with Gasteiger partial charge in [-0.1, -0.05) is 24.3 Å². The number of fused-ring (bicyclic) bond motifs is 1. The van der Waals surface area contributed by atoms with Gasteiger partial charge in [0.2, 0.25) is 0 Å².